The highest BCUT2D eigenvalue weighted by molar-refractivity contribution is 6.14. The number of imidazole rings is 1. The summed E-state index contributed by atoms with van der Waals surface area (Å²) >= 11 is 0. The second kappa shape index (κ2) is 10.2. The van der Waals surface area contributed by atoms with Gasteiger partial charge in [-0.1, -0.05) is 5.92 Å². The Morgan fingerprint density at radius 3 is 2.77 bits per heavy atom. The first-order chi connectivity index (χ1) is 18.9. The number of fused-ring (bicyclic) bond motifs is 2. The van der Waals surface area contributed by atoms with Gasteiger partial charge in [-0.3, -0.25) is 14.4 Å². The Morgan fingerprint density at radius 2 is 2.05 bits per heavy atom. The molecule has 5 rings (SSSR count). The van der Waals surface area contributed by atoms with E-state index in [1.54, 1.807) is 46.4 Å². The normalized spacial score (nSPS) is 15.4. The number of rotatable bonds is 5. The van der Waals surface area contributed by atoms with E-state index in [9.17, 15) is 14.0 Å². The number of anilines is 2. The summed E-state index contributed by atoms with van der Waals surface area (Å²) in [6, 6.07) is 4.72. The Morgan fingerprint density at radius 1 is 1.27 bits per heavy atom. The van der Waals surface area contributed by atoms with Gasteiger partial charge in [0.15, 0.2) is 11.5 Å². The minimum Gasteiger partial charge on any atom is -0.444 e. The molecule has 10 nitrogen and oxygen atoms in total. The molecule has 11 heteroatoms. The van der Waals surface area contributed by atoms with Crippen molar-refractivity contribution in [3.8, 4) is 12.3 Å². The first-order valence-electron chi connectivity index (χ1n) is 13.0. The molecule has 0 saturated carbocycles. The number of nitrogens with one attached hydrogen (secondary N) is 1. The van der Waals surface area contributed by atoms with Crippen LogP contribution in [0.25, 0.3) is 16.6 Å². The van der Waals surface area contributed by atoms with Gasteiger partial charge in [0.2, 0.25) is 0 Å². The minimum atomic E-state index is -0.629. The fourth-order valence-electron chi connectivity index (χ4n) is 5.09. The van der Waals surface area contributed by atoms with Crippen molar-refractivity contribution in [2.45, 2.75) is 45.8 Å². The maximum Gasteiger partial charge on any atom is 0.411 e. The largest absolute Gasteiger partial charge is 0.444 e. The van der Waals surface area contributed by atoms with Gasteiger partial charge in [0.25, 0.3) is 5.91 Å². The number of carbonyl (C=O) groups excluding carboxylic acids is 2. The van der Waals surface area contributed by atoms with Crippen LogP contribution in [0.15, 0.2) is 36.8 Å². The molecule has 1 aliphatic rings. The number of aryl methyl sites for hydroxylation is 2. The van der Waals surface area contributed by atoms with Crippen molar-refractivity contribution in [3.63, 3.8) is 0 Å². The third-order valence-electron chi connectivity index (χ3n) is 6.73. The fraction of sp³-hybridized carbons (Fsp3) is 0.379. The molecular formula is C29H32FN7O3. The number of carbonyl (C=O) groups is 2. The molecule has 0 aliphatic carbocycles. The number of benzene rings is 1. The summed E-state index contributed by atoms with van der Waals surface area (Å²) in [5, 5.41) is 8.15. The van der Waals surface area contributed by atoms with Crippen LogP contribution in [0.4, 0.5) is 20.6 Å². The van der Waals surface area contributed by atoms with E-state index in [4.69, 9.17) is 11.2 Å². The van der Waals surface area contributed by atoms with Crippen LogP contribution in [0.3, 0.4) is 0 Å². The fourth-order valence-corrected chi connectivity index (χ4v) is 5.09. The molecule has 0 radical (unpaired) electrons. The number of halogens is 1. The van der Waals surface area contributed by atoms with E-state index in [1.807, 2.05) is 33.0 Å². The van der Waals surface area contributed by atoms with E-state index in [1.165, 1.54) is 6.07 Å². The van der Waals surface area contributed by atoms with Gasteiger partial charge in [0, 0.05) is 55.9 Å². The zero-order valence-electron chi connectivity index (χ0n) is 23.2. The van der Waals surface area contributed by atoms with Gasteiger partial charge in [-0.15, -0.1) is 6.42 Å². The molecule has 0 bridgehead atoms. The zero-order valence-corrected chi connectivity index (χ0v) is 23.2. The first kappa shape index (κ1) is 27.0. The highest BCUT2D eigenvalue weighted by Crippen LogP contribution is 2.33. The van der Waals surface area contributed by atoms with Crippen molar-refractivity contribution in [2.24, 2.45) is 7.05 Å². The SMILES string of the molecule is C#CCN(C(=O)OC(C)(C)C)[C@H]1CCN(c2ccc(C(=O)Nc3cc(F)c4nc(C)cn4c3)c3nn(C)cc23)C1. The number of hydrogen-bond acceptors (Lipinski definition) is 6. The molecule has 3 aromatic heterocycles. The second-order valence-corrected chi connectivity index (χ2v) is 11.0. The molecule has 1 N–H and O–H groups in total. The van der Waals surface area contributed by atoms with E-state index in [-0.39, 0.29) is 18.2 Å². The van der Waals surface area contributed by atoms with Crippen molar-refractivity contribution in [3.05, 3.63) is 53.9 Å². The van der Waals surface area contributed by atoms with E-state index in [2.05, 4.69) is 26.2 Å². The van der Waals surface area contributed by atoms with E-state index >= 15 is 0 Å². The lowest BCUT2D eigenvalue weighted by Gasteiger charge is -2.30. The van der Waals surface area contributed by atoms with Gasteiger partial charge in [-0.25, -0.2) is 14.2 Å². The standard InChI is InChI=1S/C29H32FN7O3/c1-7-11-37(28(39)40-29(3,4)5)20-10-12-35(16-20)24-9-8-21(25-22(24)17-34(6)33-25)27(38)32-19-13-23(30)26-31-18(2)14-36(26)15-19/h1,8-9,13-15,17,20H,10-12,16H2,2-6H3,(H,32,38)/t20-/m0/s1. The quantitative estimate of drug-likeness (QED) is 0.374. The number of terminal acetylenes is 1. The van der Waals surface area contributed by atoms with Crippen molar-refractivity contribution >= 4 is 39.9 Å². The molecule has 1 atom stereocenters. The summed E-state index contributed by atoms with van der Waals surface area (Å²) in [6.45, 7) is 8.64. The monoisotopic (exact) mass is 545 g/mol. The average Bonchev–Trinajstić information content (AvgIpc) is 3.58. The van der Waals surface area contributed by atoms with Crippen molar-refractivity contribution in [1.29, 1.82) is 0 Å². The van der Waals surface area contributed by atoms with Crippen LogP contribution in [-0.4, -0.2) is 67.3 Å². The predicted molar refractivity (Wildman–Crippen MR) is 151 cm³/mol. The molecule has 40 heavy (non-hydrogen) atoms. The molecule has 1 saturated heterocycles. The number of nitrogens with zero attached hydrogens (tertiary/aromatic N) is 6. The Kier molecular flexibility index (Phi) is 6.87. The maximum atomic E-state index is 14.6. The molecule has 4 heterocycles. The predicted octanol–water partition coefficient (Wildman–Crippen LogP) is 4.37. The third-order valence-corrected chi connectivity index (χ3v) is 6.73. The van der Waals surface area contributed by atoms with Gasteiger partial charge >= 0.3 is 6.09 Å². The second-order valence-electron chi connectivity index (χ2n) is 11.0. The summed E-state index contributed by atoms with van der Waals surface area (Å²) in [6.07, 6.45) is 11.0. The summed E-state index contributed by atoms with van der Waals surface area (Å²) in [7, 11) is 1.79. The van der Waals surface area contributed by atoms with Gasteiger partial charge < -0.3 is 19.4 Å². The first-order valence-corrected chi connectivity index (χ1v) is 13.0. The molecule has 0 spiro atoms. The lowest BCUT2D eigenvalue weighted by atomic mass is 10.1. The maximum absolute atomic E-state index is 14.6. The number of amides is 2. The molecule has 1 fully saturated rings. The van der Waals surface area contributed by atoms with E-state index in [0.29, 0.717) is 42.0 Å². The van der Waals surface area contributed by atoms with Crippen LogP contribution >= 0.6 is 0 Å². The Labute approximate surface area is 231 Å². The molecule has 208 valence electrons. The summed E-state index contributed by atoms with van der Waals surface area (Å²) in [4.78, 5) is 34.1. The van der Waals surface area contributed by atoms with Gasteiger partial charge in [0.05, 0.1) is 29.5 Å². The molecule has 0 unspecified atom stereocenters. The molecule has 1 aromatic carbocycles. The van der Waals surface area contributed by atoms with Crippen LogP contribution in [0.2, 0.25) is 0 Å². The number of ether oxygens (including phenoxy) is 1. The average molecular weight is 546 g/mol. The van der Waals surface area contributed by atoms with Crippen molar-refractivity contribution in [1.82, 2.24) is 24.1 Å². The van der Waals surface area contributed by atoms with Crippen LogP contribution in [0.5, 0.6) is 0 Å². The topological polar surface area (TPSA) is 97.0 Å². The van der Waals surface area contributed by atoms with Crippen LogP contribution < -0.4 is 10.2 Å². The smallest absolute Gasteiger partial charge is 0.411 e. The van der Waals surface area contributed by atoms with Gasteiger partial charge in [-0.2, -0.15) is 5.10 Å². The summed E-state index contributed by atoms with van der Waals surface area (Å²) < 4.78 is 23.4. The molecular weight excluding hydrogens is 513 g/mol. The number of pyridine rings is 1. The highest BCUT2D eigenvalue weighted by Gasteiger charge is 2.34. The minimum absolute atomic E-state index is 0.128. The van der Waals surface area contributed by atoms with Crippen LogP contribution in [0.1, 0.15) is 43.2 Å². The van der Waals surface area contributed by atoms with E-state index in [0.717, 1.165) is 11.1 Å². The third kappa shape index (κ3) is 5.30. The van der Waals surface area contributed by atoms with Crippen molar-refractivity contribution in [2.75, 3.05) is 29.9 Å². The van der Waals surface area contributed by atoms with Crippen LogP contribution in [0, 0.1) is 25.1 Å². The van der Waals surface area contributed by atoms with Crippen LogP contribution in [-0.2, 0) is 11.8 Å². The molecule has 2 amide bonds. The van der Waals surface area contributed by atoms with Crippen molar-refractivity contribution < 1.29 is 18.7 Å². The van der Waals surface area contributed by atoms with E-state index < -0.39 is 23.4 Å². The Balaban J connectivity index is 1.40. The number of hydrogen-bond donors (Lipinski definition) is 1. The lowest BCUT2D eigenvalue weighted by Crippen LogP contribution is -2.45. The van der Waals surface area contributed by atoms with Gasteiger partial charge in [-0.05, 0) is 46.2 Å². The highest BCUT2D eigenvalue weighted by atomic mass is 19.1. The number of aromatic nitrogens is 4. The Hall–Kier alpha value is -4.59. The Bertz CT molecular complexity index is 1660. The van der Waals surface area contributed by atoms with Gasteiger partial charge in [0.1, 0.15) is 11.1 Å². The molecule has 1 aliphatic heterocycles. The summed E-state index contributed by atoms with van der Waals surface area (Å²) in [5.74, 6) is 1.64. The lowest BCUT2D eigenvalue weighted by molar-refractivity contribution is 0.0209. The summed E-state index contributed by atoms with van der Waals surface area (Å²) in [5.41, 5.74) is 2.32. The zero-order chi connectivity index (χ0) is 28.8. The molecule has 4 aromatic rings.